The maximum absolute atomic E-state index is 13.1. The summed E-state index contributed by atoms with van der Waals surface area (Å²) < 4.78 is 5.00. The number of amides is 3. The Labute approximate surface area is 162 Å². The lowest BCUT2D eigenvalue weighted by Crippen LogP contribution is -2.61. The van der Waals surface area contributed by atoms with Crippen molar-refractivity contribution in [3.63, 3.8) is 0 Å². The molecular formula is C20H22N4O4. The van der Waals surface area contributed by atoms with Crippen molar-refractivity contribution in [3.8, 4) is 0 Å². The summed E-state index contributed by atoms with van der Waals surface area (Å²) in [5.74, 6) is 0.0727. The van der Waals surface area contributed by atoms with E-state index in [4.69, 9.17) is 4.52 Å². The van der Waals surface area contributed by atoms with Crippen LogP contribution in [0.5, 0.6) is 0 Å². The van der Waals surface area contributed by atoms with Gasteiger partial charge in [-0.15, -0.1) is 0 Å². The fourth-order valence-corrected chi connectivity index (χ4v) is 3.79. The van der Waals surface area contributed by atoms with E-state index in [1.807, 2.05) is 30.3 Å². The molecule has 0 saturated carbocycles. The molecule has 2 aliphatic heterocycles. The highest BCUT2D eigenvalue weighted by molar-refractivity contribution is 5.97. The first-order valence-electron chi connectivity index (χ1n) is 9.37. The van der Waals surface area contributed by atoms with Crippen molar-refractivity contribution < 1.29 is 18.9 Å². The summed E-state index contributed by atoms with van der Waals surface area (Å²) in [5.41, 5.74) is 1.19. The number of aryl methyl sites for hydroxylation is 1. The molecule has 2 aromatic rings. The third-order valence-corrected chi connectivity index (χ3v) is 5.19. The summed E-state index contributed by atoms with van der Waals surface area (Å²) in [7, 11) is 0. The zero-order valence-corrected chi connectivity index (χ0v) is 15.7. The largest absolute Gasteiger partial charge is 0.361 e. The molecule has 28 heavy (non-hydrogen) atoms. The van der Waals surface area contributed by atoms with E-state index in [0.717, 1.165) is 5.56 Å². The van der Waals surface area contributed by atoms with Crippen molar-refractivity contribution >= 4 is 17.7 Å². The highest BCUT2D eigenvalue weighted by Gasteiger charge is 2.42. The van der Waals surface area contributed by atoms with Gasteiger partial charge < -0.3 is 19.2 Å². The smallest absolute Gasteiger partial charge is 0.276 e. The maximum atomic E-state index is 13.1. The second kappa shape index (κ2) is 7.46. The minimum Gasteiger partial charge on any atom is -0.361 e. The zero-order valence-electron chi connectivity index (χ0n) is 15.7. The quantitative estimate of drug-likeness (QED) is 0.793. The molecule has 2 saturated heterocycles. The van der Waals surface area contributed by atoms with Gasteiger partial charge in [-0.1, -0.05) is 35.5 Å². The maximum Gasteiger partial charge on any atom is 0.276 e. The van der Waals surface area contributed by atoms with E-state index in [-0.39, 0.29) is 36.5 Å². The van der Waals surface area contributed by atoms with Gasteiger partial charge in [-0.05, 0) is 18.9 Å². The van der Waals surface area contributed by atoms with Crippen molar-refractivity contribution in [1.82, 2.24) is 19.9 Å². The second-order valence-corrected chi connectivity index (χ2v) is 7.21. The monoisotopic (exact) mass is 382 g/mol. The van der Waals surface area contributed by atoms with Gasteiger partial charge in [0.2, 0.25) is 11.8 Å². The van der Waals surface area contributed by atoms with E-state index in [0.29, 0.717) is 31.8 Å². The van der Waals surface area contributed by atoms with E-state index in [1.165, 1.54) is 0 Å². The van der Waals surface area contributed by atoms with Crippen molar-refractivity contribution in [2.24, 2.45) is 0 Å². The summed E-state index contributed by atoms with van der Waals surface area (Å²) in [6.07, 6.45) is 0.622. The fraction of sp³-hybridized carbons (Fsp3) is 0.400. The van der Waals surface area contributed by atoms with Crippen molar-refractivity contribution in [2.75, 3.05) is 26.2 Å². The normalized spacial score (nSPS) is 20.2. The van der Waals surface area contributed by atoms with Gasteiger partial charge in [0, 0.05) is 25.7 Å². The van der Waals surface area contributed by atoms with Crippen LogP contribution >= 0.6 is 0 Å². The molecule has 8 heteroatoms. The number of nitrogens with zero attached hydrogens (tertiary/aromatic N) is 4. The summed E-state index contributed by atoms with van der Waals surface area (Å²) in [6, 6.07) is 10.5. The first-order valence-corrected chi connectivity index (χ1v) is 9.37. The molecule has 0 aliphatic carbocycles. The van der Waals surface area contributed by atoms with Gasteiger partial charge in [0.15, 0.2) is 5.69 Å². The topological polar surface area (TPSA) is 87.0 Å². The Morgan fingerprint density at radius 3 is 2.71 bits per heavy atom. The van der Waals surface area contributed by atoms with Gasteiger partial charge in [-0.2, -0.15) is 0 Å². The van der Waals surface area contributed by atoms with E-state index < -0.39 is 6.04 Å². The summed E-state index contributed by atoms with van der Waals surface area (Å²) >= 11 is 0. The summed E-state index contributed by atoms with van der Waals surface area (Å²) in [4.78, 5) is 43.4. The van der Waals surface area contributed by atoms with Gasteiger partial charge in [0.1, 0.15) is 18.3 Å². The third kappa shape index (κ3) is 3.49. The van der Waals surface area contributed by atoms with Crippen LogP contribution in [0.25, 0.3) is 0 Å². The summed E-state index contributed by atoms with van der Waals surface area (Å²) in [5, 5.41) is 3.79. The first-order chi connectivity index (χ1) is 13.5. The van der Waals surface area contributed by atoms with Gasteiger partial charge >= 0.3 is 0 Å². The lowest BCUT2D eigenvalue weighted by Gasteiger charge is -2.40. The Hall–Kier alpha value is -3.16. The van der Waals surface area contributed by atoms with Crippen LogP contribution in [0.4, 0.5) is 0 Å². The molecule has 0 spiro atoms. The Morgan fingerprint density at radius 1 is 1.21 bits per heavy atom. The molecule has 0 N–H and O–H groups in total. The van der Waals surface area contributed by atoms with Crippen molar-refractivity contribution in [1.29, 1.82) is 0 Å². The summed E-state index contributed by atoms with van der Waals surface area (Å²) in [6.45, 7) is 3.28. The van der Waals surface area contributed by atoms with Crippen LogP contribution in [0.15, 0.2) is 40.9 Å². The molecule has 8 nitrogen and oxygen atoms in total. The Kier molecular flexibility index (Phi) is 4.85. The Bertz CT molecular complexity index is 895. The number of hydrogen-bond acceptors (Lipinski definition) is 5. The molecule has 3 amide bonds. The van der Waals surface area contributed by atoms with E-state index in [1.54, 1.807) is 27.7 Å². The van der Waals surface area contributed by atoms with Crippen LogP contribution in [-0.4, -0.2) is 69.8 Å². The number of piperazine rings is 1. The number of aromatic nitrogens is 1. The van der Waals surface area contributed by atoms with Gasteiger partial charge in [0.05, 0.1) is 6.54 Å². The van der Waals surface area contributed by atoms with Gasteiger partial charge in [0.25, 0.3) is 5.91 Å². The van der Waals surface area contributed by atoms with Gasteiger partial charge in [-0.3, -0.25) is 14.4 Å². The Morgan fingerprint density at radius 2 is 2.00 bits per heavy atom. The van der Waals surface area contributed by atoms with Crippen LogP contribution in [0.1, 0.15) is 28.2 Å². The minimum atomic E-state index is -0.663. The first kappa shape index (κ1) is 18.2. The molecule has 146 valence electrons. The van der Waals surface area contributed by atoms with Crippen LogP contribution in [0, 0.1) is 6.92 Å². The highest BCUT2D eigenvalue weighted by atomic mass is 16.5. The molecule has 0 radical (unpaired) electrons. The molecule has 4 rings (SSSR count). The molecular weight excluding hydrogens is 360 g/mol. The number of carbonyl (C=O) groups excluding carboxylic acids is 3. The molecule has 2 aliphatic rings. The molecule has 2 fully saturated rings. The van der Waals surface area contributed by atoms with E-state index in [2.05, 4.69) is 5.16 Å². The Balaban J connectivity index is 1.54. The molecule has 1 atom stereocenters. The number of rotatable bonds is 3. The van der Waals surface area contributed by atoms with Crippen LogP contribution < -0.4 is 0 Å². The predicted molar refractivity (Wildman–Crippen MR) is 99.1 cm³/mol. The number of benzene rings is 1. The van der Waals surface area contributed by atoms with E-state index >= 15 is 0 Å². The van der Waals surface area contributed by atoms with Gasteiger partial charge in [-0.25, -0.2) is 0 Å². The standard InChI is InChI=1S/C20H22N4O4/c1-14-10-16(21-28-14)19(26)22-8-5-9-24-17(12-22)20(27)23(13-18(24)25)11-15-6-3-2-4-7-15/h2-4,6-7,10,17H,5,8-9,11-13H2,1H3. The third-order valence-electron chi connectivity index (χ3n) is 5.19. The molecule has 0 bridgehead atoms. The minimum absolute atomic E-state index is 0.0701. The fourth-order valence-electron chi connectivity index (χ4n) is 3.79. The molecule has 1 unspecified atom stereocenters. The molecule has 1 aromatic carbocycles. The van der Waals surface area contributed by atoms with E-state index in [9.17, 15) is 14.4 Å². The number of hydrogen-bond donors (Lipinski definition) is 0. The van der Waals surface area contributed by atoms with Crippen LogP contribution in [0.3, 0.4) is 0 Å². The number of carbonyl (C=O) groups is 3. The van der Waals surface area contributed by atoms with Crippen molar-refractivity contribution in [3.05, 3.63) is 53.4 Å². The lowest BCUT2D eigenvalue weighted by molar-refractivity contribution is -0.156. The SMILES string of the molecule is Cc1cc(C(=O)N2CCCN3C(=O)CN(Cc4ccccc4)C(=O)C3C2)no1. The average Bonchev–Trinajstić information content (AvgIpc) is 2.99. The highest BCUT2D eigenvalue weighted by Crippen LogP contribution is 2.21. The van der Waals surface area contributed by atoms with Crippen LogP contribution in [-0.2, 0) is 16.1 Å². The molecule has 3 heterocycles. The predicted octanol–water partition coefficient (Wildman–Crippen LogP) is 1.07. The second-order valence-electron chi connectivity index (χ2n) is 7.21. The van der Waals surface area contributed by atoms with Crippen molar-refractivity contribution in [2.45, 2.75) is 25.9 Å². The lowest BCUT2D eigenvalue weighted by atomic mass is 10.1. The van der Waals surface area contributed by atoms with Crippen LogP contribution in [0.2, 0.25) is 0 Å². The average molecular weight is 382 g/mol. The zero-order chi connectivity index (χ0) is 19.7. The molecule has 1 aromatic heterocycles. The number of fused-ring (bicyclic) bond motifs is 1.